The second-order valence-corrected chi connectivity index (χ2v) is 4.78. The van der Waals surface area contributed by atoms with Crippen LogP contribution in [0.25, 0.3) is 0 Å². The van der Waals surface area contributed by atoms with Crippen LogP contribution >= 0.6 is 0 Å². The number of carboxylic acid groups (broad SMARTS) is 1. The minimum absolute atomic E-state index is 0.00748. The van der Waals surface area contributed by atoms with Crippen molar-refractivity contribution in [1.82, 2.24) is 4.90 Å². The molecule has 21 heavy (non-hydrogen) atoms. The van der Waals surface area contributed by atoms with Crippen LogP contribution in [0.5, 0.6) is 0 Å². The molecular weight excluding hydrogens is 289 g/mol. The van der Waals surface area contributed by atoms with Gasteiger partial charge in [-0.15, -0.1) is 0 Å². The van der Waals surface area contributed by atoms with E-state index in [0.29, 0.717) is 25.5 Å². The molecule has 0 radical (unpaired) electrons. The molecule has 2 amide bonds. The van der Waals surface area contributed by atoms with Crippen molar-refractivity contribution < 1.29 is 27.9 Å². The number of anilines is 1. The molecule has 0 aliphatic carbocycles. The zero-order chi connectivity index (χ0) is 15.6. The van der Waals surface area contributed by atoms with Gasteiger partial charge in [0.25, 0.3) is 0 Å². The first-order valence-corrected chi connectivity index (χ1v) is 6.32. The van der Waals surface area contributed by atoms with E-state index in [1.165, 1.54) is 4.90 Å². The molecule has 5 nitrogen and oxygen atoms in total. The molecule has 1 aromatic carbocycles. The van der Waals surface area contributed by atoms with Gasteiger partial charge in [0.1, 0.15) is 0 Å². The number of hydrogen-bond donors (Lipinski definition) is 2. The van der Waals surface area contributed by atoms with Gasteiger partial charge in [-0.1, -0.05) is 0 Å². The van der Waals surface area contributed by atoms with Crippen LogP contribution in [0.1, 0.15) is 12.8 Å². The molecule has 2 rings (SSSR count). The SMILES string of the molecule is O=C(O)C1CCCN(C(=O)Nc2ccc(F)c(F)c2F)C1. The Hall–Kier alpha value is -2.25. The van der Waals surface area contributed by atoms with Crippen molar-refractivity contribution in [3.05, 3.63) is 29.6 Å². The summed E-state index contributed by atoms with van der Waals surface area (Å²) >= 11 is 0. The molecule has 1 saturated heterocycles. The summed E-state index contributed by atoms with van der Waals surface area (Å²) in [6.07, 6.45) is 0.962. The smallest absolute Gasteiger partial charge is 0.321 e. The summed E-state index contributed by atoms with van der Waals surface area (Å²) in [5, 5.41) is 11.0. The normalized spacial score (nSPS) is 18.4. The fraction of sp³-hybridized carbons (Fsp3) is 0.385. The Morgan fingerprint density at radius 3 is 2.62 bits per heavy atom. The van der Waals surface area contributed by atoms with Gasteiger partial charge in [-0.3, -0.25) is 4.79 Å². The standard InChI is InChI=1S/C13H13F3N2O3/c14-8-3-4-9(11(16)10(8)15)17-13(21)18-5-1-2-7(6-18)12(19)20/h3-4,7H,1-2,5-6H2,(H,17,21)(H,19,20). The van der Waals surface area contributed by atoms with Crippen LogP contribution in [0.4, 0.5) is 23.7 Å². The minimum Gasteiger partial charge on any atom is -0.481 e. The number of amides is 2. The predicted octanol–water partition coefficient (Wildman–Crippen LogP) is 2.43. The first-order valence-electron chi connectivity index (χ1n) is 6.32. The van der Waals surface area contributed by atoms with Crippen molar-refractivity contribution in [3.8, 4) is 0 Å². The Morgan fingerprint density at radius 2 is 1.95 bits per heavy atom. The number of carbonyl (C=O) groups excluding carboxylic acids is 1. The molecule has 1 fully saturated rings. The van der Waals surface area contributed by atoms with Crippen molar-refractivity contribution in [1.29, 1.82) is 0 Å². The average molecular weight is 302 g/mol. The number of halogens is 3. The van der Waals surface area contributed by atoms with E-state index < -0.39 is 41.1 Å². The van der Waals surface area contributed by atoms with Gasteiger partial charge in [-0.25, -0.2) is 18.0 Å². The first kappa shape index (κ1) is 15.1. The Labute approximate surface area is 118 Å². The number of nitrogens with one attached hydrogen (secondary N) is 1. The van der Waals surface area contributed by atoms with Gasteiger partial charge < -0.3 is 15.3 Å². The average Bonchev–Trinajstić information content (AvgIpc) is 2.48. The van der Waals surface area contributed by atoms with E-state index in [1.807, 2.05) is 0 Å². The van der Waals surface area contributed by atoms with E-state index >= 15 is 0 Å². The van der Waals surface area contributed by atoms with Gasteiger partial charge >= 0.3 is 12.0 Å². The maximum Gasteiger partial charge on any atom is 0.321 e. The number of hydrogen-bond acceptors (Lipinski definition) is 2. The second-order valence-electron chi connectivity index (χ2n) is 4.78. The van der Waals surface area contributed by atoms with Crippen molar-refractivity contribution in [2.75, 3.05) is 18.4 Å². The van der Waals surface area contributed by atoms with E-state index in [9.17, 15) is 22.8 Å². The van der Waals surface area contributed by atoms with E-state index in [0.717, 1.165) is 6.07 Å². The zero-order valence-corrected chi connectivity index (χ0v) is 10.9. The van der Waals surface area contributed by atoms with E-state index in [1.54, 1.807) is 0 Å². The van der Waals surface area contributed by atoms with E-state index in [4.69, 9.17) is 5.11 Å². The third kappa shape index (κ3) is 3.26. The summed E-state index contributed by atoms with van der Waals surface area (Å²) in [4.78, 5) is 24.0. The van der Waals surface area contributed by atoms with Crippen molar-refractivity contribution in [3.63, 3.8) is 0 Å². The van der Waals surface area contributed by atoms with Crippen molar-refractivity contribution in [2.24, 2.45) is 5.92 Å². The summed E-state index contributed by atoms with van der Waals surface area (Å²) in [7, 11) is 0. The molecule has 0 spiro atoms. The maximum absolute atomic E-state index is 13.5. The molecule has 1 atom stereocenters. The highest BCUT2D eigenvalue weighted by atomic mass is 19.2. The van der Waals surface area contributed by atoms with Crippen LogP contribution in [-0.2, 0) is 4.79 Å². The van der Waals surface area contributed by atoms with E-state index in [2.05, 4.69) is 5.32 Å². The van der Waals surface area contributed by atoms with Crippen LogP contribution in [0.3, 0.4) is 0 Å². The predicted molar refractivity (Wildman–Crippen MR) is 67.3 cm³/mol. The molecular formula is C13H13F3N2O3. The Bertz CT molecular complexity index is 580. The summed E-state index contributed by atoms with van der Waals surface area (Å²) < 4.78 is 39.3. The fourth-order valence-electron chi connectivity index (χ4n) is 2.18. The van der Waals surface area contributed by atoms with Gasteiger partial charge in [0, 0.05) is 13.1 Å². The zero-order valence-electron chi connectivity index (χ0n) is 10.9. The third-order valence-electron chi connectivity index (χ3n) is 3.33. The Morgan fingerprint density at radius 1 is 1.24 bits per heavy atom. The van der Waals surface area contributed by atoms with E-state index in [-0.39, 0.29) is 6.54 Å². The molecule has 1 aliphatic heterocycles. The number of nitrogens with zero attached hydrogens (tertiary/aromatic N) is 1. The number of piperidine rings is 1. The van der Waals surface area contributed by atoms with Gasteiger partial charge in [-0.2, -0.15) is 0 Å². The number of rotatable bonds is 2. The highest BCUT2D eigenvalue weighted by Gasteiger charge is 2.28. The number of aliphatic carboxylic acids is 1. The summed E-state index contributed by atoms with van der Waals surface area (Å²) in [5.41, 5.74) is -0.489. The number of likely N-dealkylation sites (tertiary alicyclic amines) is 1. The number of carboxylic acids is 1. The maximum atomic E-state index is 13.5. The lowest BCUT2D eigenvalue weighted by Crippen LogP contribution is -2.44. The largest absolute Gasteiger partial charge is 0.481 e. The lowest BCUT2D eigenvalue weighted by atomic mass is 9.99. The summed E-state index contributed by atoms with van der Waals surface area (Å²) in [5.74, 6) is -6.20. The minimum atomic E-state index is -1.67. The second kappa shape index (κ2) is 6.02. The molecule has 0 saturated carbocycles. The van der Waals surface area contributed by atoms with Gasteiger partial charge in [0.15, 0.2) is 17.5 Å². The topological polar surface area (TPSA) is 69.6 Å². The van der Waals surface area contributed by atoms with Crippen LogP contribution < -0.4 is 5.32 Å². The molecule has 8 heteroatoms. The molecule has 1 unspecified atom stereocenters. The summed E-state index contributed by atoms with van der Waals surface area (Å²) in [6, 6.07) is 0.861. The number of carbonyl (C=O) groups is 2. The van der Waals surface area contributed by atoms with Gasteiger partial charge in [0.05, 0.1) is 11.6 Å². The lowest BCUT2D eigenvalue weighted by molar-refractivity contribution is -0.143. The highest BCUT2D eigenvalue weighted by Crippen LogP contribution is 2.22. The lowest BCUT2D eigenvalue weighted by Gasteiger charge is -2.30. The summed E-state index contributed by atoms with van der Waals surface area (Å²) in [6.45, 7) is 0.313. The van der Waals surface area contributed by atoms with Crippen LogP contribution in [-0.4, -0.2) is 35.1 Å². The van der Waals surface area contributed by atoms with Crippen molar-refractivity contribution >= 4 is 17.7 Å². The third-order valence-corrected chi connectivity index (χ3v) is 3.33. The number of benzene rings is 1. The molecule has 0 bridgehead atoms. The van der Waals surface area contributed by atoms with Gasteiger partial charge in [-0.05, 0) is 25.0 Å². The van der Waals surface area contributed by atoms with Crippen LogP contribution in [0.2, 0.25) is 0 Å². The Balaban J connectivity index is 2.08. The fourth-order valence-corrected chi connectivity index (χ4v) is 2.18. The quantitative estimate of drug-likeness (QED) is 0.824. The molecule has 1 heterocycles. The first-order chi connectivity index (χ1) is 9.90. The van der Waals surface area contributed by atoms with Gasteiger partial charge in [0.2, 0.25) is 0 Å². The highest BCUT2D eigenvalue weighted by molar-refractivity contribution is 5.90. The number of urea groups is 1. The molecule has 1 aliphatic rings. The molecule has 114 valence electrons. The molecule has 1 aromatic rings. The Kier molecular flexibility index (Phi) is 4.35. The molecule has 2 N–H and O–H groups in total. The molecule has 0 aromatic heterocycles. The van der Waals surface area contributed by atoms with Crippen molar-refractivity contribution in [2.45, 2.75) is 12.8 Å². The monoisotopic (exact) mass is 302 g/mol. The van der Waals surface area contributed by atoms with Crippen LogP contribution in [0.15, 0.2) is 12.1 Å². The van der Waals surface area contributed by atoms with Crippen LogP contribution in [0, 0.1) is 23.4 Å².